The maximum atomic E-state index is 10.6. The number of carbonyl (C=O) groups is 1. The molecule has 124 valence electrons. The number of hydrogen-bond donors (Lipinski definition) is 1. The Kier molecular flexibility index (Phi) is 6.20. The molecule has 4 heteroatoms. The van der Waals surface area contributed by atoms with Crippen LogP contribution in [-0.4, -0.2) is 25.3 Å². The SMILES string of the molecule is COc1ccc(/C(=C\C=C\CC(=O)O)c2ccccc2OC)cc1. The molecule has 0 aliphatic heterocycles. The van der Waals surface area contributed by atoms with E-state index in [1.807, 2.05) is 54.6 Å². The van der Waals surface area contributed by atoms with Gasteiger partial charge >= 0.3 is 5.97 Å². The van der Waals surface area contributed by atoms with E-state index in [0.29, 0.717) is 0 Å². The summed E-state index contributed by atoms with van der Waals surface area (Å²) in [6, 6.07) is 15.4. The number of aliphatic carboxylic acids is 1. The minimum atomic E-state index is -0.858. The molecule has 24 heavy (non-hydrogen) atoms. The van der Waals surface area contributed by atoms with Gasteiger partial charge in [0.2, 0.25) is 0 Å². The summed E-state index contributed by atoms with van der Waals surface area (Å²) in [5, 5.41) is 8.75. The second kappa shape index (κ2) is 8.58. The lowest BCUT2D eigenvalue weighted by atomic mass is 9.96. The van der Waals surface area contributed by atoms with E-state index >= 15 is 0 Å². The number of para-hydroxylation sites is 1. The fourth-order valence-electron chi connectivity index (χ4n) is 2.31. The van der Waals surface area contributed by atoms with Gasteiger partial charge in [-0.1, -0.05) is 48.6 Å². The molecule has 0 heterocycles. The molecule has 0 aliphatic carbocycles. The first-order chi connectivity index (χ1) is 11.7. The Morgan fingerprint density at radius 2 is 1.75 bits per heavy atom. The summed E-state index contributed by atoms with van der Waals surface area (Å²) in [5.41, 5.74) is 2.86. The second-order valence-electron chi connectivity index (χ2n) is 5.04. The van der Waals surface area contributed by atoms with E-state index in [0.717, 1.165) is 28.2 Å². The summed E-state index contributed by atoms with van der Waals surface area (Å²) in [7, 11) is 3.26. The maximum Gasteiger partial charge on any atom is 0.307 e. The van der Waals surface area contributed by atoms with Crippen LogP contribution in [0.25, 0.3) is 5.57 Å². The summed E-state index contributed by atoms with van der Waals surface area (Å²) in [6.45, 7) is 0. The van der Waals surface area contributed by atoms with Crippen LogP contribution in [0.5, 0.6) is 11.5 Å². The summed E-state index contributed by atoms with van der Waals surface area (Å²) < 4.78 is 10.7. The van der Waals surface area contributed by atoms with Gasteiger partial charge < -0.3 is 14.6 Å². The van der Waals surface area contributed by atoms with E-state index < -0.39 is 5.97 Å². The lowest BCUT2D eigenvalue weighted by Crippen LogP contribution is -1.94. The summed E-state index contributed by atoms with van der Waals surface area (Å²) in [6.07, 6.45) is 5.24. The highest BCUT2D eigenvalue weighted by molar-refractivity contribution is 5.84. The van der Waals surface area contributed by atoms with Gasteiger partial charge in [0.05, 0.1) is 20.6 Å². The van der Waals surface area contributed by atoms with Gasteiger partial charge in [0.15, 0.2) is 0 Å². The minimum Gasteiger partial charge on any atom is -0.497 e. The monoisotopic (exact) mass is 324 g/mol. The quantitative estimate of drug-likeness (QED) is 0.777. The van der Waals surface area contributed by atoms with Crippen molar-refractivity contribution in [3.05, 3.63) is 77.9 Å². The van der Waals surface area contributed by atoms with E-state index in [1.54, 1.807) is 26.4 Å². The van der Waals surface area contributed by atoms with Gasteiger partial charge in [-0.05, 0) is 29.3 Å². The Bertz CT molecular complexity index is 742. The predicted octanol–water partition coefficient (Wildman–Crippen LogP) is 4.17. The van der Waals surface area contributed by atoms with Gasteiger partial charge in [0.25, 0.3) is 0 Å². The average Bonchev–Trinajstić information content (AvgIpc) is 2.62. The van der Waals surface area contributed by atoms with E-state index in [4.69, 9.17) is 14.6 Å². The largest absolute Gasteiger partial charge is 0.497 e. The topological polar surface area (TPSA) is 55.8 Å². The Morgan fingerprint density at radius 3 is 2.38 bits per heavy atom. The molecule has 0 saturated heterocycles. The van der Waals surface area contributed by atoms with Crippen LogP contribution in [0.3, 0.4) is 0 Å². The molecule has 0 radical (unpaired) electrons. The molecule has 1 N–H and O–H groups in total. The molecule has 0 spiro atoms. The molecule has 0 saturated carbocycles. The molecule has 0 fully saturated rings. The van der Waals surface area contributed by atoms with Crippen molar-refractivity contribution in [1.29, 1.82) is 0 Å². The lowest BCUT2D eigenvalue weighted by Gasteiger charge is -2.13. The molecule has 2 aromatic rings. The molecule has 0 amide bonds. The summed E-state index contributed by atoms with van der Waals surface area (Å²) >= 11 is 0. The zero-order valence-corrected chi connectivity index (χ0v) is 13.7. The maximum absolute atomic E-state index is 10.6. The fraction of sp³-hybridized carbons (Fsp3) is 0.150. The molecular formula is C20H20O4. The van der Waals surface area contributed by atoms with Crippen molar-refractivity contribution < 1.29 is 19.4 Å². The van der Waals surface area contributed by atoms with Gasteiger partial charge in [0.1, 0.15) is 11.5 Å². The number of methoxy groups -OCH3 is 2. The third kappa shape index (κ3) is 4.49. The fourth-order valence-corrected chi connectivity index (χ4v) is 2.31. The highest BCUT2D eigenvalue weighted by Gasteiger charge is 2.10. The smallest absolute Gasteiger partial charge is 0.307 e. The van der Waals surface area contributed by atoms with Crippen LogP contribution in [0.2, 0.25) is 0 Å². The molecule has 4 nitrogen and oxygen atoms in total. The number of allylic oxidation sites excluding steroid dienone is 2. The van der Waals surface area contributed by atoms with Crippen LogP contribution in [0.1, 0.15) is 17.5 Å². The Hall–Kier alpha value is -3.01. The van der Waals surface area contributed by atoms with Crippen LogP contribution in [0.4, 0.5) is 0 Å². The van der Waals surface area contributed by atoms with Gasteiger partial charge in [-0.15, -0.1) is 0 Å². The molecule has 2 aromatic carbocycles. The molecule has 0 aromatic heterocycles. The minimum absolute atomic E-state index is 0.0156. The van der Waals surface area contributed by atoms with Crippen LogP contribution in [-0.2, 0) is 4.79 Å². The first-order valence-electron chi connectivity index (χ1n) is 7.52. The lowest BCUT2D eigenvalue weighted by molar-refractivity contribution is -0.136. The van der Waals surface area contributed by atoms with Gasteiger partial charge in [0, 0.05) is 5.56 Å². The van der Waals surface area contributed by atoms with Gasteiger partial charge in [-0.2, -0.15) is 0 Å². The zero-order valence-electron chi connectivity index (χ0n) is 13.7. The van der Waals surface area contributed by atoms with Gasteiger partial charge in [-0.25, -0.2) is 0 Å². The van der Waals surface area contributed by atoms with Crippen molar-refractivity contribution in [2.24, 2.45) is 0 Å². The Balaban J connectivity index is 2.45. The highest BCUT2D eigenvalue weighted by atomic mass is 16.5. The summed E-state index contributed by atoms with van der Waals surface area (Å²) in [5.74, 6) is 0.675. The van der Waals surface area contributed by atoms with E-state index in [-0.39, 0.29) is 6.42 Å². The number of rotatable bonds is 7. The number of hydrogen-bond acceptors (Lipinski definition) is 3. The first kappa shape index (κ1) is 17.3. The molecule has 0 unspecified atom stereocenters. The third-order valence-electron chi connectivity index (χ3n) is 3.49. The Morgan fingerprint density at radius 1 is 1.04 bits per heavy atom. The number of carboxylic acids is 1. The van der Waals surface area contributed by atoms with Crippen molar-refractivity contribution in [3.63, 3.8) is 0 Å². The molecule has 0 aliphatic rings. The van der Waals surface area contributed by atoms with Crippen LogP contribution < -0.4 is 9.47 Å². The van der Waals surface area contributed by atoms with E-state index in [2.05, 4.69) is 0 Å². The first-order valence-corrected chi connectivity index (χ1v) is 7.52. The molecule has 0 bridgehead atoms. The molecule has 0 atom stereocenters. The van der Waals surface area contributed by atoms with Crippen LogP contribution in [0.15, 0.2) is 66.8 Å². The normalized spacial score (nSPS) is 11.5. The van der Waals surface area contributed by atoms with Crippen molar-refractivity contribution >= 4 is 11.5 Å². The van der Waals surface area contributed by atoms with Crippen molar-refractivity contribution in [2.45, 2.75) is 6.42 Å². The van der Waals surface area contributed by atoms with Crippen molar-refractivity contribution in [3.8, 4) is 11.5 Å². The zero-order chi connectivity index (χ0) is 17.4. The second-order valence-corrected chi connectivity index (χ2v) is 5.04. The standard InChI is InChI=1S/C20H20O4/c1-23-16-13-11-15(12-14-16)17(7-4-6-10-20(21)22)18-8-3-5-9-19(18)24-2/h3-9,11-14H,10H2,1-2H3,(H,21,22)/b6-4+,17-7+. The number of benzene rings is 2. The van der Waals surface area contributed by atoms with Crippen LogP contribution in [0, 0.1) is 0 Å². The summed E-state index contributed by atoms with van der Waals surface area (Å²) in [4.78, 5) is 10.6. The van der Waals surface area contributed by atoms with Crippen molar-refractivity contribution in [2.75, 3.05) is 14.2 Å². The van der Waals surface area contributed by atoms with Gasteiger partial charge in [-0.3, -0.25) is 4.79 Å². The van der Waals surface area contributed by atoms with Crippen molar-refractivity contribution in [1.82, 2.24) is 0 Å². The Labute approximate surface area is 141 Å². The highest BCUT2D eigenvalue weighted by Crippen LogP contribution is 2.31. The van der Waals surface area contributed by atoms with E-state index in [9.17, 15) is 4.79 Å². The third-order valence-corrected chi connectivity index (χ3v) is 3.49. The average molecular weight is 324 g/mol. The predicted molar refractivity (Wildman–Crippen MR) is 94.5 cm³/mol. The number of ether oxygens (including phenoxy) is 2. The molecule has 2 rings (SSSR count). The van der Waals surface area contributed by atoms with E-state index in [1.165, 1.54) is 0 Å². The van der Waals surface area contributed by atoms with Crippen LogP contribution >= 0.6 is 0 Å². The molecular weight excluding hydrogens is 304 g/mol. The number of carboxylic acid groups (broad SMARTS) is 1.